The molecule has 1 amide bonds. The fourth-order valence-corrected chi connectivity index (χ4v) is 3.91. The predicted octanol–water partition coefficient (Wildman–Crippen LogP) is 3.01. The highest BCUT2D eigenvalue weighted by molar-refractivity contribution is 5.80. The maximum Gasteiger partial charge on any atom is 0.251 e. The highest BCUT2D eigenvalue weighted by atomic mass is 16.1. The number of hydrogen-bond acceptors (Lipinski definition) is 3. The van der Waals surface area contributed by atoms with E-state index >= 15 is 0 Å². The second-order valence-corrected chi connectivity index (χ2v) is 7.97. The molecule has 2 N–H and O–H groups in total. The lowest BCUT2D eigenvalue weighted by molar-refractivity contribution is -0.121. The van der Waals surface area contributed by atoms with Gasteiger partial charge in [0.05, 0.1) is 0 Å². The molecular weight excluding hydrogens is 338 g/mol. The lowest BCUT2D eigenvalue weighted by atomic mass is 10.0. The Labute approximate surface area is 161 Å². The fraction of sp³-hybridized carbons (Fsp3) is 0.545. The Morgan fingerprint density at radius 2 is 2.19 bits per heavy atom. The van der Waals surface area contributed by atoms with E-state index in [4.69, 9.17) is 0 Å². The average Bonchev–Trinajstić information content (AvgIpc) is 2.64. The SMILES string of the molecule is Cc1ccc2[nH]c(=O)c(CCC(=O)NCCCN3CCCC(C)C3)cc2c1. The molecule has 5 heteroatoms. The van der Waals surface area contributed by atoms with E-state index in [9.17, 15) is 9.59 Å². The van der Waals surface area contributed by atoms with Crippen LogP contribution in [-0.4, -0.2) is 42.0 Å². The summed E-state index contributed by atoms with van der Waals surface area (Å²) >= 11 is 0. The molecule has 1 saturated heterocycles. The molecule has 0 bridgehead atoms. The molecule has 0 radical (unpaired) electrons. The van der Waals surface area contributed by atoms with Gasteiger partial charge in [0.25, 0.3) is 5.56 Å². The number of pyridine rings is 1. The number of benzene rings is 1. The topological polar surface area (TPSA) is 65.2 Å². The van der Waals surface area contributed by atoms with Gasteiger partial charge in [-0.25, -0.2) is 0 Å². The highest BCUT2D eigenvalue weighted by Crippen LogP contribution is 2.15. The van der Waals surface area contributed by atoms with Gasteiger partial charge in [-0.2, -0.15) is 0 Å². The molecule has 0 saturated carbocycles. The summed E-state index contributed by atoms with van der Waals surface area (Å²) in [5, 5.41) is 4.01. The molecule has 1 atom stereocenters. The molecule has 1 fully saturated rings. The van der Waals surface area contributed by atoms with Crippen molar-refractivity contribution in [1.29, 1.82) is 0 Å². The van der Waals surface area contributed by atoms with E-state index in [2.05, 4.69) is 28.2 Å². The van der Waals surface area contributed by atoms with Gasteiger partial charge in [-0.15, -0.1) is 0 Å². The Morgan fingerprint density at radius 1 is 1.33 bits per heavy atom. The largest absolute Gasteiger partial charge is 0.356 e. The normalized spacial score (nSPS) is 17.9. The standard InChI is InChI=1S/C22H31N3O2/c1-16-6-8-20-19(13-16)14-18(22(27)24-20)7-9-21(26)23-10-4-12-25-11-3-5-17(2)15-25/h6,8,13-14,17H,3-5,7,9-12,15H2,1-2H3,(H,23,26)(H,24,27). The Kier molecular flexibility index (Phi) is 6.67. The molecular formula is C22H31N3O2. The Hall–Kier alpha value is -2.14. The molecule has 1 aliphatic rings. The van der Waals surface area contributed by atoms with Gasteiger partial charge in [0, 0.05) is 30.6 Å². The summed E-state index contributed by atoms with van der Waals surface area (Å²) < 4.78 is 0. The number of piperidine rings is 1. The number of fused-ring (bicyclic) bond motifs is 1. The zero-order chi connectivity index (χ0) is 19.2. The third-order valence-corrected chi connectivity index (χ3v) is 5.41. The third kappa shape index (κ3) is 5.67. The van der Waals surface area contributed by atoms with Crippen molar-refractivity contribution in [2.24, 2.45) is 5.92 Å². The molecule has 3 rings (SSSR count). The van der Waals surface area contributed by atoms with E-state index in [0.29, 0.717) is 24.9 Å². The number of aromatic amines is 1. The van der Waals surface area contributed by atoms with Crippen LogP contribution in [0.2, 0.25) is 0 Å². The third-order valence-electron chi connectivity index (χ3n) is 5.41. The van der Waals surface area contributed by atoms with Crippen LogP contribution in [0.3, 0.4) is 0 Å². The molecule has 1 aromatic carbocycles. The number of carbonyl (C=O) groups is 1. The van der Waals surface area contributed by atoms with Crippen molar-refractivity contribution in [3.63, 3.8) is 0 Å². The first-order chi connectivity index (χ1) is 13.0. The molecule has 1 unspecified atom stereocenters. The molecule has 1 aromatic heterocycles. The van der Waals surface area contributed by atoms with Crippen LogP contribution in [0.15, 0.2) is 29.1 Å². The highest BCUT2D eigenvalue weighted by Gasteiger charge is 2.15. The smallest absolute Gasteiger partial charge is 0.251 e. The average molecular weight is 370 g/mol. The number of nitrogens with zero attached hydrogens (tertiary/aromatic N) is 1. The van der Waals surface area contributed by atoms with Crippen molar-refractivity contribution in [1.82, 2.24) is 15.2 Å². The number of hydrogen-bond donors (Lipinski definition) is 2. The van der Waals surface area contributed by atoms with Gasteiger partial charge >= 0.3 is 0 Å². The minimum atomic E-state index is -0.0987. The number of carbonyl (C=O) groups excluding carboxylic acids is 1. The number of aryl methyl sites for hydroxylation is 2. The molecule has 2 heterocycles. The summed E-state index contributed by atoms with van der Waals surface area (Å²) in [6, 6.07) is 7.86. The number of rotatable bonds is 7. The van der Waals surface area contributed by atoms with Crippen LogP contribution in [0.5, 0.6) is 0 Å². The first-order valence-electron chi connectivity index (χ1n) is 10.1. The number of amides is 1. The van der Waals surface area contributed by atoms with Crippen LogP contribution < -0.4 is 10.9 Å². The Bertz CT molecular complexity index is 843. The van der Waals surface area contributed by atoms with Crippen molar-refractivity contribution < 1.29 is 4.79 Å². The second-order valence-electron chi connectivity index (χ2n) is 7.97. The van der Waals surface area contributed by atoms with Crippen molar-refractivity contribution in [3.05, 3.63) is 45.7 Å². The minimum Gasteiger partial charge on any atom is -0.356 e. The van der Waals surface area contributed by atoms with Gasteiger partial charge < -0.3 is 15.2 Å². The number of nitrogens with one attached hydrogen (secondary N) is 2. The lowest BCUT2D eigenvalue weighted by Crippen LogP contribution is -2.36. The van der Waals surface area contributed by atoms with E-state index in [0.717, 1.165) is 35.3 Å². The Morgan fingerprint density at radius 3 is 3.00 bits per heavy atom. The summed E-state index contributed by atoms with van der Waals surface area (Å²) in [5.41, 5.74) is 2.57. The summed E-state index contributed by atoms with van der Waals surface area (Å²) in [6.45, 7) is 8.46. The number of likely N-dealkylation sites (tertiary alicyclic amines) is 1. The summed E-state index contributed by atoms with van der Waals surface area (Å²) in [7, 11) is 0. The van der Waals surface area contributed by atoms with Crippen LogP contribution in [0.4, 0.5) is 0 Å². The van der Waals surface area contributed by atoms with Crippen LogP contribution in [0, 0.1) is 12.8 Å². The summed E-state index contributed by atoms with van der Waals surface area (Å²) in [5.74, 6) is 0.808. The van der Waals surface area contributed by atoms with E-state index in [1.165, 1.54) is 25.9 Å². The Balaban J connectivity index is 1.43. The van der Waals surface area contributed by atoms with E-state index in [1.54, 1.807) is 0 Å². The van der Waals surface area contributed by atoms with E-state index in [1.807, 2.05) is 25.1 Å². The molecule has 5 nitrogen and oxygen atoms in total. The molecule has 27 heavy (non-hydrogen) atoms. The minimum absolute atomic E-state index is 0.0192. The first-order valence-corrected chi connectivity index (χ1v) is 10.1. The number of aromatic nitrogens is 1. The van der Waals surface area contributed by atoms with Crippen LogP contribution in [-0.2, 0) is 11.2 Å². The van der Waals surface area contributed by atoms with Crippen LogP contribution >= 0.6 is 0 Å². The predicted molar refractivity (Wildman–Crippen MR) is 110 cm³/mol. The molecule has 1 aliphatic heterocycles. The van der Waals surface area contributed by atoms with Gasteiger partial charge in [0.2, 0.25) is 5.91 Å². The second kappa shape index (κ2) is 9.18. The van der Waals surface area contributed by atoms with Crippen molar-refractivity contribution in [3.8, 4) is 0 Å². The quantitative estimate of drug-likeness (QED) is 0.738. The zero-order valence-corrected chi connectivity index (χ0v) is 16.5. The fourth-order valence-electron chi connectivity index (χ4n) is 3.91. The van der Waals surface area contributed by atoms with Gasteiger partial charge in [0.1, 0.15) is 0 Å². The first kappa shape index (κ1) is 19.6. The van der Waals surface area contributed by atoms with Crippen LogP contribution in [0.1, 0.15) is 43.7 Å². The molecule has 2 aromatic rings. The summed E-state index contributed by atoms with van der Waals surface area (Å²) in [4.78, 5) is 29.7. The van der Waals surface area contributed by atoms with Gasteiger partial charge in [-0.05, 0) is 75.2 Å². The van der Waals surface area contributed by atoms with E-state index in [-0.39, 0.29) is 11.5 Å². The maximum atomic E-state index is 12.2. The van der Waals surface area contributed by atoms with Gasteiger partial charge in [-0.3, -0.25) is 9.59 Å². The van der Waals surface area contributed by atoms with E-state index < -0.39 is 0 Å². The zero-order valence-electron chi connectivity index (χ0n) is 16.5. The van der Waals surface area contributed by atoms with Crippen LogP contribution in [0.25, 0.3) is 10.9 Å². The molecule has 0 aliphatic carbocycles. The lowest BCUT2D eigenvalue weighted by Gasteiger charge is -2.30. The van der Waals surface area contributed by atoms with Crippen molar-refractivity contribution in [2.75, 3.05) is 26.2 Å². The van der Waals surface area contributed by atoms with Gasteiger partial charge in [-0.1, -0.05) is 18.6 Å². The van der Waals surface area contributed by atoms with Crippen molar-refractivity contribution >= 4 is 16.8 Å². The molecule has 0 spiro atoms. The molecule has 146 valence electrons. The maximum absolute atomic E-state index is 12.2. The summed E-state index contributed by atoms with van der Waals surface area (Å²) in [6.07, 6.45) is 4.41. The number of H-pyrrole nitrogens is 1. The van der Waals surface area contributed by atoms with Gasteiger partial charge in [0.15, 0.2) is 0 Å². The van der Waals surface area contributed by atoms with Crippen molar-refractivity contribution in [2.45, 2.75) is 46.0 Å². The monoisotopic (exact) mass is 369 g/mol.